The first-order valence-corrected chi connectivity index (χ1v) is 9.67. The third-order valence-electron chi connectivity index (χ3n) is 4.99. The summed E-state index contributed by atoms with van der Waals surface area (Å²) in [5.74, 6) is 1.03. The molecule has 1 aromatic carbocycles. The lowest BCUT2D eigenvalue weighted by Gasteiger charge is -2.32. The zero-order chi connectivity index (χ0) is 18.6. The molecule has 1 aliphatic heterocycles. The van der Waals surface area contributed by atoms with Crippen LogP contribution in [-0.2, 0) is 17.7 Å². The molecule has 5 nitrogen and oxygen atoms in total. The van der Waals surface area contributed by atoms with Gasteiger partial charge in [0.25, 0.3) is 0 Å². The normalized spacial score (nSPS) is 17.3. The van der Waals surface area contributed by atoms with Crippen LogP contribution in [0.3, 0.4) is 0 Å². The van der Waals surface area contributed by atoms with Crippen molar-refractivity contribution in [3.05, 3.63) is 59.9 Å². The molecular weight excluding hydrogens is 336 g/mol. The molecule has 0 amide bonds. The van der Waals surface area contributed by atoms with Crippen LogP contribution >= 0.6 is 0 Å². The summed E-state index contributed by atoms with van der Waals surface area (Å²) in [6, 6.07) is 14.7. The van der Waals surface area contributed by atoms with E-state index in [0.717, 1.165) is 60.8 Å². The largest absolute Gasteiger partial charge is 0.380 e. The highest BCUT2D eigenvalue weighted by Crippen LogP contribution is 2.24. The van der Waals surface area contributed by atoms with Gasteiger partial charge in [-0.15, -0.1) is 0 Å². The fourth-order valence-electron chi connectivity index (χ4n) is 3.52. The van der Waals surface area contributed by atoms with Crippen molar-refractivity contribution in [3.63, 3.8) is 0 Å². The van der Waals surface area contributed by atoms with Crippen molar-refractivity contribution >= 4 is 22.4 Å². The van der Waals surface area contributed by atoms with Crippen molar-refractivity contribution in [2.75, 3.05) is 29.9 Å². The molecule has 1 N–H and O–H groups in total. The topological polar surface area (TPSA) is 50.3 Å². The summed E-state index contributed by atoms with van der Waals surface area (Å²) >= 11 is 0. The van der Waals surface area contributed by atoms with Gasteiger partial charge in [0, 0.05) is 42.6 Å². The highest BCUT2D eigenvalue weighted by atomic mass is 16.5. The highest BCUT2D eigenvalue weighted by molar-refractivity contribution is 5.91. The van der Waals surface area contributed by atoms with Gasteiger partial charge in [-0.3, -0.25) is 4.98 Å². The van der Waals surface area contributed by atoms with Gasteiger partial charge < -0.3 is 15.0 Å². The Bertz CT molecular complexity index is 927. The molecule has 3 heterocycles. The second kappa shape index (κ2) is 7.92. The lowest BCUT2D eigenvalue weighted by molar-refractivity contribution is 0.0529. The van der Waals surface area contributed by atoms with Gasteiger partial charge in [-0.2, -0.15) is 0 Å². The van der Waals surface area contributed by atoms with Crippen LogP contribution in [0.4, 0.5) is 11.5 Å². The molecule has 0 spiro atoms. The monoisotopic (exact) mass is 362 g/mol. The minimum absolute atomic E-state index is 0.248. The number of pyridine rings is 2. The average Bonchev–Trinajstić information content (AvgIpc) is 2.72. The van der Waals surface area contributed by atoms with Crippen LogP contribution < -0.4 is 10.2 Å². The zero-order valence-corrected chi connectivity index (χ0v) is 16.0. The highest BCUT2D eigenvalue weighted by Gasteiger charge is 2.18. The summed E-state index contributed by atoms with van der Waals surface area (Å²) in [5.41, 5.74) is 4.50. The van der Waals surface area contributed by atoms with E-state index >= 15 is 0 Å². The van der Waals surface area contributed by atoms with E-state index in [1.54, 1.807) is 0 Å². The first-order chi connectivity index (χ1) is 13.2. The summed E-state index contributed by atoms with van der Waals surface area (Å²) in [6.45, 7) is 7.54. The number of hydrogen-bond acceptors (Lipinski definition) is 5. The van der Waals surface area contributed by atoms with E-state index in [1.807, 2.05) is 12.3 Å². The minimum Gasteiger partial charge on any atom is -0.380 e. The molecule has 0 aliphatic carbocycles. The molecule has 0 saturated carbocycles. The molecular formula is C22H26N4O. The van der Waals surface area contributed by atoms with E-state index in [0.29, 0.717) is 0 Å². The first-order valence-electron chi connectivity index (χ1n) is 9.67. The predicted octanol–water partition coefficient (Wildman–Crippen LogP) is 4.03. The van der Waals surface area contributed by atoms with Crippen molar-refractivity contribution < 1.29 is 4.74 Å². The number of hydrogen-bond donors (Lipinski definition) is 1. The maximum absolute atomic E-state index is 5.64. The number of nitrogens with one attached hydrogen (secondary N) is 1. The molecule has 0 radical (unpaired) electrons. The van der Waals surface area contributed by atoms with Crippen molar-refractivity contribution in [2.45, 2.75) is 32.9 Å². The molecule has 1 fully saturated rings. The van der Waals surface area contributed by atoms with Gasteiger partial charge in [0.05, 0.1) is 18.2 Å². The number of benzene rings is 1. The molecule has 140 valence electrons. The Morgan fingerprint density at radius 3 is 2.96 bits per heavy atom. The number of morpholine rings is 1. The molecule has 3 aromatic rings. The number of aryl methyl sites for hydroxylation is 1. The molecule has 4 rings (SSSR count). The van der Waals surface area contributed by atoms with Crippen LogP contribution in [-0.4, -0.2) is 35.8 Å². The Morgan fingerprint density at radius 1 is 1.22 bits per heavy atom. The molecule has 1 saturated heterocycles. The Balaban J connectivity index is 1.54. The van der Waals surface area contributed by atoms with Crippen LogP contribution in [0, 0.1) is 0 Å². The van der Waals surface area contributed by atoms with Crippen LogP contribution in [0.25, 0.3) is 10.9 Å². The van der Waals surface area contributed by atoms with Crippen molar-refractivity contribution in [1.29, 1.82) is 0 Å². The van der Waals surface area contributed by atoms with E-state index in [-0.39, 0.29) is 6.10 Å². The maximum Gasteiger partial charge on any atom is 0.128 e. The Morgan fingerprint density at radius 2 is 2.11 bits per heavy atom. The third-order valence-corrected chi connectivity index (χ3v) is 4.99. The van der Waals surface area contributed by atoms with Crippen molar-refractivity contribution in [1.82, 2.24) is 9.97 Å². The van der Waals surface area contributed by atoms with Gasteiger partial charge in [0.1, 0.15) is 5.82 Å². The summed E-state index contributed by atoms with van der Waals surface area (Å²) in [7, 11) is 0. The first kappa shape index (κ1) is 17.7. The Labute approximate surface area is 160 Å². The summed E-state index contributed by atoms with van der Waals surface area (Å²) in [5, 5.41) is 4.76. The predicted molar refractivity (Wildman–Crippen MR) is 110 cm³/mol. The van der Waals surface area contributed by atoms with Crippen LogP contribution in [0.5, 0.6) is 0 Å². The quantitative estimate of drug-likeness (QED) is 0.743. The van der Waals surface area contributed by atoms with Gasteiger partial charge in [-0.25, -0.2) is 4.98 Å². The maximum atomic E-state index is 5.64. The van der Waals surface area contributed by atoms with Crippen LogP contribution in [0.15, 0.2) is 48.7 Å². The molecule has 27 heavy (non-hydrogen) atoms. The van der Waals surface area contributed by atoms with E-state index in [1.165, 1.54) is 5.56 Å². The lowest BCUT2D eigenvalue weighted by Crippen LogP contribution is -2.41. The number of fused-ring (bicyclic) bond motifs is 1. The summed E-state index contributed by atoms with van der Waals surface area (Å²) in [6.07, 6.45) is 3.07. The third kappa shape index (κ3) is 4.03. The number of nitrogens with zero attached hydrogens (tertiary/aromatic N) is 3. The number of para-hydroxylation sites is 1. The zero-order valence-electron chi connectivity index (χ0n) is 16.0. The number of rotatable bonds is 5. The van der Waals surface area contributed by atoms with E-state index < -0.39 is 0 Å². The lowest BCUT2D eigenvalue weighted by atomic mass is 10.1. The smallest absolute Gasteiger partial charge is 0.128 e. The molecule has 1 unspecified atom stereocenters. The van der Waals surface area contributed by atoms with Crippen molar-refractivity contribution in [2.24, 2.45) is 0 Å². The molecule has 0 bridgehead atoms. The molecule has 2 aromatic heterocycles. The van der Waals surface area contributed by atoms with Gasteiger partial charge in [-0.05, 0) is 43.2 Å². The SMILES string of the molecule is CCc1cc(NCc2ccnc(N3CCOC(C)C3)c2)c2ccccc2n1. The molecule has 1 atom stereocenters. The number of anilines is 2. The van der Waals surface area contributed by atoms with Crippen LogP contribution in [0.2, 0.25) is 0 Å². The van der Waals surface area contributed by atoms with E-state index in [9.17, 15) is 0 Å². The standard InChI is InChI=1S/C22H26N4O/c1-3-18-13-21(19-6-4-5-7-20(19)25-18)24-14-17-8-9-23-22(12-17)26-10-11-27-16(2)15-26/h4-9,12-13,16H,3,10-11,14-15H2,1-2H3,(H,24,25). The van der Waals surface area contributed by atoms with Gasteiger partial charge in [-0.1, -0.05) is 25.1 Å². The van der Waals surface area contributed by atoms with E-state index in [2.05, 4.69) is 65.4 Å². The number of aromatic nitrogens is 2. The fourth-order valence-corrected chi connectivity index (χ4v) is 3.52. The second-order valence-electron chi connectivity index (χ2n) is 7.04. The van der Waals surface area contributed by atoms with Gasteiger partial charge >= 0.3 is 0 Å². The summed E-state index contributed by atoms with van der Waals surface area (Å²) in [4.78, 5) is 11.6. The van der Waals surface area contributed by atoms with Crippen LogP contribution in [0.1, 0.15) is 25.1 Å². The fraction of sp³-hybridized carbons (Fsp3) is 0.364. The molecule has 1 aliphatic rings. The summed E-state index contributed by atoms with van der Waals surface area (Å²) < 4.78 is 5.64. The minimum atomic E-state index is 0.248. The van der Waals surface area contributed by atoms with Gasteiger partial charge in [0.15, 0.2) is 0 Å². The van der Waals surface area contributed by atoms with Crippen molar-refractivity contribution in [3.8, 4) is 0 Å². The Kier molecular flexibility index (Phi) is 5.21. The molecule has 5 heteroatoms. The average molecular weight is 362 g/mol. The van der Waals surface area contributed by atoms with E-state index in [4.69, 9.17) is 9.72 Å². The second-order valence-corrected chi connectivity index (χ2v) is 7.04. The Hall–Kier alpha value is -2.66. The number of ether oxygens (including phenoxy) is 1. The van der Waals surface area contributed by atoms with Gasteiger partial charge in [0.2, 0.25) is 0 Å².